The number of aliphatic carboxylic acids is 1. The minimum Gasteiger partial charge on any atom is -0.488 e. The van der Waals surface area contributed by atoms with Crippen molar-refractivity contribution in [1.82, 2.24) is 9.88 Å². The zero-order chi connectivity index (χ0) is 27.6. The van der Waals surface area contributed by atoms with Crippen molar-refractivity contribution in [3.63, 3.8) is 0 Å². The summed E-state index contributed by atoms with van der Waals surface area (Å²) < 4.78 is 12.0. The van der Waals surface area contributed by atoms with Gasteiger partial charge in [-0.25, -0.2) is 4.98 Å². The van der Waals surface area contributed by atoms with Crippen LogP contribution in [0.15, 0.2) is 29.6 Å². The van der Waals surface area contributed by atoms with Gasteiger partial charge in [0.2, 0.25) is 0 Å². The number of thiazole rings is 1. The summed E-state index contributed by atoms with van der Waals surface area (Å²) in [5.74, 6) is 0.493. The van der Waals surface area contributed by atoms with Crippen LogP contribution in [0.1, 0.15) is 46.2 Å². The van der Waals surface area contributed by atoms with Crippen LogP contribution in [0.3, 0.4) is 0 Å². The quantitative estimate of drug-likeness (QED) is 0.417. The first-order valence-corrected chi connectivity index (χ1v) is 15.3. The average Bonchev–Trinajstić information content (AvgIpc) is 3.47. The molecule has 0 amide bonds. The number of rotatable bonds is 7. The van der Waals surface area contributed by atoms with E-state index in [-0.39, 0.29) is 5.92 Å². The van der Waals surface area contributed by atoms with Crippen LogP contribution >= 0.6 is 11.3 Å². The van der Waals surface area contributed by atoms with E-state index in [9.17, 15) is 9.90 Å². The van der Waals surface area contributed by atoms with Gasteiger partial charge in [0, 0.05) is 37.1 Å². The standard InChI is InChI=1S/C32H37N3O4S/c1-19-5-4-6-26(28-18-40-31(33-28)35-10-8-32(30(36)37)12-23(32)13-35)29(19)39-15-22-11-20(2)27-14-34(24-16-38-17-24)9-7-25(27)21(22)3/h4-6,11,18,23-24H,7-10,12-17H2,1-3H3,(H,36,37)/t23-,32+/m0/s1. The molecule has 1 N–H and O–H groups in total. The Labute approximate surface area is 239 Å². The molecule has 7 nitrogen and oxygen atoms in total. The SMILES string of the molecule is Cc1cc(COc2c(C)cccc2-c2csc(N3CC[C@@]4(C(=O)O)C[C@H]4C3)n2)c(C)c2c1CN(C1COC1)CC2. The Bertz CT molecular complexity index is 1480. The number of hydrogen-bond acceptors (Lipinski definition) is 7. The average molecular weight is 560 g/mol. The number of anilines is 1. The van der Waals surface area contributed by atoms with Gasteiger partial charge < -0.3 is 19.5 Å². The third kappa shape index (κ3) is 4.32. The number of carboxylic acids is 1. The summed E-state index contributed by atoms with van der Waals surface area (Å²) in [6, 6.07) is 9.15. The van der Waals surface area contributed by atoms with Gasteiger partial charge >= 0.3 is 5.97 Å². The lowest BCUT2D eigenvalue weighted by molar-refractivity contribution is -0.144. The number of nitrogens with zero attached hydrogens (tertiary/aromatic N) is 3. The molecule has 4 aliphatic rings. The molecule has 1 saturated carbocycles. The van der Waals surface area contributed by atoms with Gasteiger partial charge in [0.05, 0.1) is 30.4 Å². The first-order chi connectivity index (χ1) is 19.3. The number of hydrogen-bond donors (Lipinski definition) is 1. The Morgan fingerprint density at radius 2 is 2.05 bits per heavy atom. The minimum absolute atomic E-state index is 0.238. The fourth-order valence-corrected chi connectivity index (χ4v) is 7.86. The van der Waals surface area contributed by atoms with Crippen LogP contribution in [-0.2, 0) is 29.1 Å². The summed E-state index contributed by atoms with van der Waals surface area (Å²) in [5, 5.41) is 12.7. The summed E-state index contributed by atoms with van der Waals surface area (Å²) in [4.78, 5) is 21.5. The van der Waals surface area contributed by atoms with Gasteiger partial charge in [0.1, 0.15) is 12.4 Å². The number of benzene rings is 2. The van der Waals surface area contributed by atoms with E-state index in [1.807, 2.05) is 0 Å². The third-order valence-electron chi connectivity index (χ3n) is 9.86. The number of fused-ring (bicyclic) bond motifs is 2. The lowest BCUT2D eigenvalue weighted by Gasteiger charge is -2.41. The second-order valence-corrected chi connectivity index (χ2v) is 13.0. The second kappa shape index (κ2) is 9.86. The first kappa shape index (κ1) is 26.0. The lowest BCUT2D eigenvalue weighted by atomic mass is 9.88. The van der Waals surface area contributed by atoms with Gasteiger partial charge in [-0.3, -0.25) is 9.69 Å². The van der Waals surface area contributed by atoms with E-state index in [2.05, 4.69) is 60.2 Å². The molecule has 8 heteroatoms. The number of carbonyl (C=O) groups is 1. The van der Waals surface area contributed by atoms with E-state index in [0.29, 0.717) is 19.1 Å². The van der Waals surface area contributed by atoms with Crippen molar-refractivity contribution >= 4 is 22.4 Å². The van der Waals surface area contributed by atoms with Crippen LogP contribution in [0.5, 0.6) is 5.75 Å². The molecule has 0 spiro atoms. The highest BCUT2D eigenvalue weighted by atomic mass is 32.1. The largest absolute Gasteiger partial charge is 0.488 e. The summed E-state index contributed by atoms with van der Waals surface area (Å²) in [6.45, 7) is 12.5. The van der Waals surface area contributed by atoms with Crippen molar-refractivity contribution in [3.8, 4) is 17.0 Å². The Morgan fingerprint density at radius 3 is 2.80 bits per heavy atom. The van der Waals surface area contributed by atoms with E-state index in [1.165, 1.54) is 27.8 Å². The van der Waals surface area contributed by atoms with Gasteiger partial charge in [-0.05, 0) is 85.4 Å². The van der Waals surface area contributed by atoms with Crippen molar-refractivity contribution in [2.45, 2.75) is 59.2 Å². The van der Waals surface area contributed by atoms with E-state index in [4.69, 9.17) is 14.5 Å². The molecule has 3 fully saturated rings. The molecule has 0 radical (unpaired) electrons. The molecule has 1 aromatic heterocycles. The number of aromatic nitrogens is 1. The predicted molar refractivity (Wildman–Crippen MR) is 156 cm³/mol. The van der Waals surface area contributed by atoms with Crippen molar-refractivity contribution in [2.75, 3.05) is 37.7 Å². The lowest BCUT2D eigenvalue weighted by Crippen LogP contribution is -2.50. The first-order valence-electron chi connectivity index (χ1n) is 14.4. The van der Waals surface area contributed by atoms with Gasteiger partial charge in [-0.1, -0.05) is 18.2 Å². The van der Waals surface area contributed by atoms with Crippen LogP contribution in [-0.4, -0.2) is 59.8 Å². The summed E-state index contributed by atoms with van der Waals surface area (Å²) in [5.41, 5.74) is 9.49. The predicted octanol–water partition coefficient (Wildman–Crippen LogP) is 5.37. The fraction of sp³-hybridized carbons (Fsp3) is 0.500. The highest BCUT2D eigenvalue weighted by molar-refractivity contribution is 7.14. The zero-order valence-electron chi connectivity index (χ0n) is 23.5. The number of carboxylic acid groups (broad SMARTS) is 1. The molecule has 2 atom stereocenters. The van der Waals surface area contributed by atoms with Crippen LogP contribution in [0.25, 0.3) is 11.3 Å². The number of ether oxygens (including phenoxy) is 2. The molecule has 2 saturated heterocycles. The number of para-hydroxylation sites is 1. The molecule has 2 aromatic carbocycles. The highest BCUT2D eigenvalue weighted by Crippen LogP contribution is 2.58. The van der Waals surface area contributed by atoms with Crippen molar-refractivity contribution < 1.29 is 19.4 Å². The van der Waals surface area contributed by atoms with Crippen molar-refractivity contribution in [3.05, 3.63) is 63.0 Å². The van der Waals surface area contributed by atoms with E-state index >= 15 is 0 Å². The molecule has 7 rings (SSSR count). The van der Waals surface area contributed by atoms with Crippen molar-refractivity contribution in [2.24, 2.45) is 11.3 Å². The Balaban J connectivity index is 1.09. The zero-order valence-corrected chi connectivity index (χ0v) is 24.4. The van der Waals surface area contributed by atoms with Gasteiger partial charge in [-0.15, -0.1) is 11.3 Å². The summed E-state index contributed by atoms with van der Waals surface area (Å²) in [6.07, 6.45) is 2.57. The smallest absolute Gasteiger partial charge is 0.310 e. The molecule has 40 heavy (non-hydrogen) atoms. The molecule has 3 aliphatic heterocycles. The van der Waals surface area contributed by atoms with Gasteiger partial charge in [-0.2, -0.15) is 0 Å². The Hall–Kier alpha value is -2.94. The normalized spacial score (nSPS) is 24.3. The van der Waals surface area contributed by atoms with Crippen molar-refractivity contribution in [1.29, 1.82) is 0 Å². The molecular weight excluding hydrogens is 522 g/mol. The maximum atomic E-state index is 11.7. The molecule has 0 bridgehead atoms. The Morgan fingerprint density at radius 1 is 1.20 bits per heavy atom. The third-order valence-corrected chi connectivity index (χ3v) is 10.8. The van der Waals surface area contributed by atoms with Gasteiger partial charge in [0.15, 0.2) is 5.13 Å². The monoisotopic (exact) mass is 559 g/mol. The van der Waals surface area contributed by atoms with E-state index in [1.54, 1.807) is 11.3 Å². The molecule has 210 valence electrons. The number of aryl methyl sites for hydroxylation is 2. The molecule has 0 unspecified atom stereocenters. The maximum Gasteiger partial charge on any atom is 0.310 e. The highest BCUT2D eigenvalue weighted by Gasteiger charge is 2.62. The van der Waals surface area contributed by atoms with Crippen LogP contribution in [0.4, 0.5) is 5.13 Å². The number of piperidine rings is 1. The molecule has 1 aliphatic carbocycles. The van der Waals surface area contributed by atoms with E-state index < -0.39 is 11.4 Å². The molecular formula is C32H37N3O4S. The van der Waals surface area contributed by atoms with Gasteiger partial charge in [0.25, 0.3) is 0 Å². The molecule has 4 heterocycles. The molecule has 3 aromatic rings. The minimum atomic E-state index is -0.631. The maximum absolute atomic E-state index is 11.7. The fourth-order valence-electron chi connectivity index (χ4n) is 7.00. The summed E-state index contributed by atoms with van der Waals surface area (Å²) in [7, 11) is 0. The van der Waals surface area contributed by atoms with Crippen LogP contribution < -0.4 is 9.64 Å². The van der Waals surface area contributed by atoms with E-state index in [0.717, 1.165) is 79.9 Å². The Kier molecular flexibility index (Phi) is 6.40. The summed E-state index contributed by atoms with van der Waals surface area (Å²) >= 11 is 1.64. The van der Waals surface area contributed by atoms with Crippen LogP contribution in [0, 0.1) is 32.1 Å². The van der Waals surface area contributed by atoms with Crippen LogP contribution in [0.2, 0.25) is 0 Å². The second-order valence-electron chi connectivity index (χ2n) is 12.2. The topological polar surface area (TPSA) is 75.1 Å².